The van der Waals surface area contributed by atoms with Crippen molar-refractivity contribution >= 4 is 11.6 Å². The smallest absolute Gasteiger partial charge is 0.260 e. The molecular weight excluding hydrogens is 246 g/mol. The summed E-state index contributed by atoms with van der Waals surface area (Å²) in [7, 11) is 1.53. The van der Waals surface area contributed by atoms with E-state index in [-0.39, 0.29) is 5.91 Å². The van der Waals surface area contributed by atoms with Gasteiger partial charge in [-0.3, -0.25) is 9.20 Å². The first kappa shape index (κ1) is 13.3. The van der Waals surface area contributed by atoms with Gasteiger partial charge < -0.3 is 10.1 Å². The van der Waals surface area contributed by atoms with Crippen LogP contribution >= 0.6 is 0 Å². The summed E-state index contributed by atoms with van der Waals surface area (Å²) < 4.78 is 6.84. The molecule has 102 valence electrons. The zero-order valence-electron chi connectivity index (χ0n) is 11.5. The van der Waals surface area contributed by atoms with Gasteiger partial charge in [0, 0.05) is 17.8 Å². The molecule has 2 aromatic rings. The molecule has 7 heteroatoms. The molecule has 0 fully saturated rings. The first-order chi connectivity index (χ1) is 8.93. The molecule has 0 saturated carbocycles. The van der Waals surface area contributed by atoms with E-state index in [1.165, 1.54) is 7.11 Å². The molecule has 0 saturated heterocycles. The lowest BCUT2D eigenvalue weighted by Crippen LogP contribution is -2.34. The molecule has 0 unspecified atom stereocenters. The number of fused-ring (bicyclic) bond motifs is 1. The number of methoxy groups -OCH3 is 1. The van der Waals surface area contributed by atoms with Crippen molar-refractivity contribution in [2.24, 2.45) is 5.41 Å². The maximum Gasteiger partial charge on any atom is 0.260 e. The van der Waals surface area contributed by atoms with E-state index in [1.54, 1.807) is 16.8 Å². The van der Waals surface area contributed by atoms with Crippen LogP contribution in [-0.4, -0.2) is 32.6 Å². The van der Waals surface area contributed by atoms with Crippen molar-refractivity contribution < 1.29 is 9.53 Å². The minimum absolute atomic E-state index is 0.0368. The number of carbonyl (C=O) groups excluding carboxylic acids is 1. The second kappa shape index (κ2) is 4.83. The summed E-state index contributed by atoms with van der Waals surface area (Å²) in [4.78, 5) is 15.9. The van der Waals surface area contributed by atoms with Crippen LogP contribution in [-0.2, 0) is 11.3 Å². The summed E-state index contributed by atoms with van der Waals surface area (Å²) in [5.41, 5.74) is 0.102. The van der Waals surface area contributed by atoms with Gasteiger partial charge in [0.2, 0.25) is 11.6 Å². The van der Waals surface area contributed by atoms with Crippen molar-refractivity contribution in [3.05, 3.63) is 18.2 Å². The monoisotopic (exact) mass is 263 g/mol. The fourth-order valence-electron chi connectivity index (χ4n) is 1.54. The summed E-state index contributed by atoms with van der Waals surface area (Å²) in [6, 6.07) is 0. The second-order valence-corrected chi connectivity index (χ2v) is 5.18. The van der Waals surface area contributed by atoms with E-state index >= 15 is 0 Å². The molecule has 0 aliphatic rings. The number of carbonyl (C=O) groups is 1. The zero-order valence-corrected chi connectivity index (χ0v) is 11.5. The number of hydrogen-bond donors (Lipinski definition) is 1. The molecule has 0 atom stereocenters. The number of aromatic nitrogens is 4. The zero-order chi connectivity index (χ0) is 14.0. The lowest BCUT2D eigenvalue weighted by Gasteiger charge is -2.17. The summed E-state index contributed by atoms with van der Waals surface area (Å²) in [5.74, 6) is 1.00. The molecule has 0 aliphatic carbocycles. The summed E-state index contributed by atoms with van der Waals surface area (Å²) in [6.45, 7) is 5.88. The first-order valence-corrected chi connectivity index (χ1v) is 5.94. The standard InChI is InChI=1S/C12H17N5O2/c1-12(2,3)11(18)14-7-8-15-16-9-10(19-4)13-5-6-17(8)9/h5-6H,7H2,1-4H3,(H,14,18). The lowest BCUT2D eigenvalue weighted by molar-refractivity contribution is -0.128. The van der Waals surface area contributed by atoms with Gasteiger partial charge in [-0.2, -0.15) is 0 Å². The normalized spacial score (nSPS) is 11.6. The van der Waals surface area contributed by atoms with E-state index in [9.17, 15) is 4.79 Å². The molecule has 0 aromatic carbocycles. The van der Waals surface area contributed by atoms with Crippen LogP contribution in [0, 0.1) is 5.41 Å². The van der Waals surface area contributed by atoms with Crippen LogP contribution in [0.2, 0.25) is 0 Å². The number of nitrogens with zero attached hydrogens (tertiary/aromatic N) is 4. The number of rotatable bonds is 3. The Bertz CT molecular complexity index is 600. The Labute approximate surface area is 111 Å². The molecule has 1 amide bonds. The predicted octanol–water partition coefficient (Wildman–Crippen LogP) is 0.795. The number of amides is 1. The Morgan fingerprint density at radius 2 is 2.16 bits per heavy atom. The Morgan fingerprint density at radius 3 is 2.79 bits per heavy atom. The maximum absolute atomic E-state index is 11.8. The third-order valence-corrected chi connectivity index (χ3v) is 2.65. The molecule has 2 aromatic heterocycles. The van der Waals surface area contributed by atoms with Crippen molar-refractivity contribution in [3.63, 3.8) is 0 Å². The van der Waals surface area contributed by atoms with Gasteiger partial charge in [0.05, 0.1) is 13.7 Å². The van der Waals surface area contributed by atoms with Crippen LogP contribution in [0.1, 0.15) is 26.6 Å². The molecule has 0 radical (unpaired) electrons. The van der Waals surface area contributed by atoms with Gasteiger partial charge in [0.15, 0.2) is 5.82 Å². The van der Waals surface area contributed by atoms with E-state index in [4.69, 9.17) is 4.74 Å². The summed E-state index contributed by atoms with van der Waals surface area (Å²) in [6.07, 6.45) is 3.33. The molecule has 19 heavy (non-hydrogen) atoms. The van der Waals surface area contributed by atoms with E-state index in [0.717, 1.165) is 0 Å². The molecule has 0 spiro atoms. The van der Waals surface area contributed by atoms with E-state index in [0.29, 0.717) is 23.9 Å². The van der Waals surface area contributed by atoms with E-state index < -0.39 is 5.41 Å². The van der Waals surface area contributed by atoms with Crippen molar-refractivity contribution in [3.8, 4) is 5.88 Å². The Kier molecular flexibility index (Phi) is 3.37. The fourth-order valence-corrected chi connectivity index (χ4v) is 1.54. The van der Waals surface area contributed by atoms with Crippen LogP contribution in [0.5, 0.6) is 5.88 Å². The van der Waals surface area contributed by atoms with Gasteiger partial charge in [-0.1, -0.05) is 20.8 Å². The Hall–Kier alpha value is -2.18. The van der Waals surface area contributed by atoms with Crippen molar-refractivity contribution in [2.45, 2.75) is 27.3 Å². The van der Waals surface area contributed by atoms with Crippen LogP contribution < -0.4 is 10.1 Å². The fraction of sp³-hybridized carbons (Fsp3) is 0.500. The first-order valence-electron chi connectivity index (χ1n) is 5.94. The summed E-state index contributed by atoms with van der Waals surface area (Å²) >= 11 is 0. The molecular formula is C12H17N5O2. The largest absolute Gasteiger partial charge is 0.478 e. The lowest BCUT2D eigenvalue weighted by atomic mass is 9.96. The molecule has 0 aliphatic heterocycles. The Morgan fingerprint density at radius 1 is 1.42 bits per heavy atom. The van der Waals surface area contributed by atoms with Crippen LogP contribution in [0.25, 0.3) is 5.65 Å². The van der Waals surface area contributed by atoms with Gasteiger partial charge in [0.25, 0.3) is 5.88 Å². The third-order valence-electron chi connectivity index (χ3n) is 2.65. The molecule has 2 heterocycles. The molecule has 0 bridgehead atoms. The van der Waals surface area contributed by atoms with Gasteiger partial charge in [-0.05, 0) is 0 Å². The molecule has 2 rings (SSSR count). The van der Waals surface area contributed by atoms with Gasteiger partial charge >= 0.3 is 0 Å². The number of hydrogen-bond acceptors (Lipinski definition) is 5. The van der Waals surface area contributed by atoms with Crippen molar-refractivity contribution in [1.82, 2.24) is 24.9 Å². The van der Waals surface area contributed by atoms with E-state index in [2.05, 4.69) is 20.5 Å². The minimum atomic E-state index is -0.431. The summed E-state index contributed by atoms with van der Waals surface area (Å²) in [5, 5.41) is 10.9. The van der Waals surface area contributed by atoms with Crippen LogP contribution in [0.15, 0.2) is 12.4 Å². The second-order valence-electron chi connectivity index (χ2n) is 5.18. The quantitative estimate of drug-likeness (QED) is 0.885. The minimum Gasteiger partial charge on any atom is -0.478 e. The Balaban J connectivity index is 2.21. The van der Waals surface area contributed by atoms with Crippen molar-refractivity contribution in [1.29, 1.82) is 0 Å². The van der Waals surface area contributed by atoms with Crippen LogP contribution in [0.4, 0.5) is 0 Å². The molecule has 1 N–H and O–H groups in total. The van der Waals surface area contributed by atoms with E-state index in [1.807, 2.05) is 20.8 Å². The highest BCUT2D eigenvalue weighted by atomic mass is 16.5. The highest BCUT2D eigenvalue weighted by Crippen LogP contribution is 2.15. The topological polar surface area (TPSA) is 81.4 Å². The SMILES string of the molecule is COc1nccn2c(CNC(=O)C(C)(C)C)nnc12. The average Bonchev–Trinajstić information content (AvgIpc) is 2.77. The van der Waals surface area contributed by atoms with Gasteiger partial charge in [-0.15, -0.1) is 10.2 Å². The van der Waals surface area contributed by atoms with Crippen molar-refractivity contribution in [2.75, 3.05) is 7.11 Å². The molecule has 7 nitrogen and oxygen atoms in total. The third kappa shape index (κ3) is 2.64. The highest BCUT2D eigenvalue weighted by Gasteiger charge is 2.21. The predicted molar refractivity (Wildman–Crippen MR) is 68.6 cm³/mol. The average molecular weight is 263 g/mol. The number of nitrogens with one attached hydrogen (secondary N) is 1. The van der Waals surface area contributed by atoms with Gasteiger partial charge in [0.1, 0.15) is 0 Å². The highest BCUT2D eigenvalue weighted by molar-refractivity contribution is 5.81. The van der Waals surface area contributed by atoms with Gasteiger partial charge in [-0.25, -0.2) is 4.98 Å². The maximum atomic E-state index is 11.8. The van der Waals surface area contributed by atoms with Crippen LogP contribution in [0.3, 0.4) is 0 Å². The number of ether oxygens (including phenoxy) is 1.